The topological polar surface area (TPSA) is 94.3 Å². The van der Waals surface area contributed by atoms with Gasteiger partial charge in [-0.1, -0.05) is 0 Å². The molecule has 3 unspecified atom stereocenters. The summed E-state index contributed by atoms with van der Waals surface area (Å²) in [4.78, 5) is 41.8. The average molecular weight is 199 g/mol. The quantitative estimate of drug-likeness (QED) is 0.351. The van der Waals surface area contributed by atoms with Crippen molar-refractivity contribution in [1.82, 2.24) is 0 Å². The number of carbonyl (C=O) groups excluding carboxylic acids is 3. The molecular formula is C8H9NO5. The minimum Gasteiger partial charge on any atom is -0.303 e. The van der Waals surface area contributed by atoms with Crippen LogP contribution in [0.2, 0.25) is 0 Å². The molecule has 6 heteroatoms. The molecule has 1 fully saturated rings. The maximum absolute atomic E-state index is 11.2. The van der Waals surface area contributed by atoms with Gasteiger partial charge in [0.15, 0.2) is 0 Å². The first-order valence-electron chi connectivity index (χ1n) is 4.17. The van der Waals surface area contributed by atoms with Crippen molar-refractivity contribution in [3.63, 3.8) is 0 Å². The van der Waals surface area contributed by atoms with Crippen LogP contribution in [0, 0.1) is 22.0 Å². The highest BCUT2D eigenvalue weighted by molar-refractivity contribution is 5.88. The van der Waals surface area contributed by atoms with Gasteiger partial charge in [0.2, 0.25) is 5.78 Å². The molecule has 3 atom stereocenters. The first-order chi connectivity index (χ1) is 6.60. The van der Waals surface area contributed by atoms with E-state index in [1.54, 1.807) is 0 Å². The van der Waals surface area contributed by atoms with Gasteiger partial charge in [0, 0.05) is 29.6 Å². The average Bonchev–Trinajstić information content (AvgIpc) is 2.16. The van der Waals surface area contributed by atoms with Crippen molar-refractivity contribution in [2.24, 2.45) is 11.8 Å². The molecule has 14 heavy (non-hydrogen) atoms. The highest BCUT2D eigenvalue weighted by Crippen LogP contribution is 2.26. The largest absolute Gasteiger partial charge is 0.303 e. The molecule has 1 saturated carbocycles. The van der Waals surface area contributed by atoms with Gasteiger partial charge in [0.05, 0.1) is 0 Å². The van der Waals surface area contributed by atoms with Crippen LogP contribution in [0.15, 0.2) is 0 Å². The van der Waals surface area contributed by atoms with Gasteiger partial charge >= 0.3 is 0 Å². The zero-order valence-corrected chi connectivity index (χ0v) is 7.29. The summed E-state index contributed by atoms with van der Waals surface area (Å²) < 4.78 is 0. The van der Waals surface area contributed by atoms with Gasteiger partial charge in [-0.3, -0.25) is 14.9 Å². The maximum Gasteiger partial charge on any atom is 0.271 e. The second-order valence-corrected chi connectivity index (χ2v) is 3.31. The Morgan fingerprint density at radius 3 is 2.29 bits per heavy atom. The molecule has 1 aliphatic carbocycles. The third-order valence-electron chi connectivity index (χ3n) is 2.46. The molecule has 0 aromatic rings. The van der Waals surface area contributed by atoms with Gasteiger partial charge in [0.25, 0.3) is 6.04 Å². The van der Waals surface area contributed by atoms with Gasteiger partial charge in [-0.25, -0.2) is 0 Å². The van der Waals surface area contributed by atoms with Crippen LogP contribution in [-0.4, -0.2) is 29.3 Å². The Bertz CT molecular complexity index is 287. The van der Waals surface area contributed by atoms with Crippen LogP contribution in [0.5, 0.6) is 0 Å². The SMILES string of the molecule is O=CC1CC(=O)C([N+](=O)[O-])CC1C=O. The summed E-state index contributed by atoms with van der Waals surface area (Å²) in [6.07, 6.45) is 0.687. The van der Waals surface area contributed by atoms with E-state index in [4.69, 9.17) is 0 Å². The molecule has 0 saturated heterocycles. The number of hydrogen-bond acceptors (Lipinski definition) is 5. The lowest BCUT2D eigenvalue weighted by atomic mass is 9.78. The zero-order valence-electron chi connectivity index (χ0n) is 7.29. The Morgan fingerprint density at radius 1 is 1.29 bits per heavy atom. The minimum absolute atomic E-state index is 0.154. The Kier molecular flexibility index (Phi) is 3.06. The van der Waals surface area contributed by atoms with Crippen LogP contribution in [-0.2, 0) is 14.4 Å². The van der Waals surface area contributed by atoms with E-state index in [1.165, 1.54) is 0 Å². The third kappa shape index (κ3) is 1.84. The molecule has 1 rings (SSSR count). The van der Waals surface area contributed by atoms with Crippen LogP contribution in [0.1, 0.15) is 12.8 Å². The van der Waals surface area contributed by atoms with Gasteiger partial charge in [-0.15, -0.1) is 0 Å². The summed E-state index contributed by atoms with van der Waals surface area (Å²) in [5.74, 6) is -1.94. The molecule has 0 amide bonds. The van der Waals surface area contributed by atoms with E-state index in [-0.39, 0.29) is 12.8 Å². The van der Waals surface area contributed by atoms with Crippen molar-refractivity contribution in [2.75, 3.05) is 0 Å². The van der Waals surface area contributed by atoms with Crippen LogP contribution < -0.4 is 0 Å². The predicted octanol–water partition coefficient (Wildman–Crippen LogP) is -0.375. The molecule has 0 aliphatic heterocycles. The van der Waals surface area contributed by atoms with Crippen molar-refractivity contribution >= 4 is 18.4 Å². The van der Waals surface area contributed by atoms with E-state index in [0.29, 0.717) is 12.6 Å². The summed E-state index contributed by atoms with van der Waals surface area (Å²) in [5.41, 5.74) is 0. The number of rotatable bonds is 3. The Balaban J connectivity index is 2.81. The summed E-state index contributed by atoms with van der Waals surface area (Å²) in [7, 11) is 0. The molecule has 76 valence electrons. The summed E-state index contributed by atoms with van der Waals surface area (Å²) in [6, 6.07) is -1.32. The number of nitro groups is 1. The Hall–Kier alpha value is -1.59. The summed E-state index contributed by atoms with van der Waals surface area (Å²) in [5, 5.41) is 10.4. The van der Waals surface area contributed by atoms with Crippen molar-refractivity contribution < 1.29 is 19.3 Å². The number of aldehydes is 2. The molecule has 0 heterocycles. The maximum atomic E-state index is 11.2. The fourth-order valence-electron chi connectivity index (χ4n) is 1.59. The fraction of sp³-hybridized carbons (Fsp3) is 0.625. The number of hydrogen-bond donors (Lipinski definition) is 0. The monoisotopic (exact) mass is 199 g/mol. The van der Waals surface area contributed by atoms with Gasteiger partial charge in [0.1, 0.15) is 12.6 Å². The molecule has 0 bridgehead atoms. The zero-order chi connectivity index (χ0) is 10.7. The minimum atomic E-state index is -1.32. The lowest BCUT2D eigenvalue weighted by molar-refractivity contribution is -0.510. The second kappa shape index (κ2) is 4.08. The third-order valence-corrected chi connectivity index (χ3v) is 2.46. The van der Waals surface area contributed by atoms with Gasteiger partial charge in [-0.2, -0.15) is 0 Å². The first-order valence-corrected chi connectivity index (χ1v) is 4.17. The normalized spacial score (nSPS) is 32.3. The Labute approximate surface area is 79.4 Å². The highest BCUT2D eigenvalue weighted by Gasteiger charge is 2.42. The highest BCUT2D eigenvalue weighted by atomic mass is 16.6. The van der Waals surface area contributed by atoms with Gasteiger partial charge in [-0.05, 0) is 0 Å². The van der Waals surface area contributed by atoms with E-state index < -0.39 is 28.6 Å². The molecule has 0 radical (unpaired) electrons. The lowest BCUT2D eigenvalue weighted by Crippen LogP contribution is -2.41. The number of carbonyl (C=O) groups is 3. The smallest absolute Gasteiger partial charge is 0.271 e. The molecule has 1 aliphatic rings. The first kappa shape index (κ1) is 10.5. The summed E-state index contributed by atoms with van der Waals surface area (Å²) in [6.45, 7) is 0. The summed E-state index contributed by atoms with van der Waals surface area (Å²) >= 11 is 0. The number of ketones is 1. The van der Waals surface area contributed by atoms with E-state index in [9.17, 15) is 24.5 Å². The molecule has 0 aromatic carbocycles. The number of Topliss-reactive ketones (excluding diaryl/α,β-unsaturated/α-hetero) is 1. The van der Waals surface area contributed by atoms with Crippen molar-refractivity contribution in [3.8, 4) is 0 Å². The lowest BCUT2D eigenvalue weighted by Gasteiger charge is -2.23. The fourth-order valence-corrected chi connectivity index (χ4v) is 1.59. The van der Waals surface area contributed by atoms with Crippen molar-refractivity contribution in [3.05, 3.63) is 10.1 Å². The molecule has 6 nitrogen and oxygen atoms in total. The van der Waals surface area contributed by atoms with E-state index in [2.05, 4.69) is 0 Å². The predicted molar refractivity (Wildman–Crippen MR) is 44.1 cm³/mol. The Morgan fingerprint density at radius 2 is 1.86 bits per heavy atom. The molecule has 0 N–H and O–H groups in total. The van der Waals surface area contributed by atoms with Crippen LogP contribution in [0.4, 0.5) is 0 Å². The van der Waals surface area contributed by atoms with Crippen LogP contribution in [0.25, 0.3) is 0 Å². The molecule has 0 aromatic heterocycles. The van der Waals surface area contributed by atoms with E-state index in [0.717, 1.165) is 0 Å². The van der Waals surface area contributed by atoms with Crippen molar-refractivity contribution in [2.45, 2.75) is 18.9 Å². The van der Waals surface area contributed by atoms with Gasteiger partial charge < -0.3 is 9.59 Å². The number of nitrogens with zero attached hydrogens (tertiary/aromatic N) is 1. The molecular weight excluding hydrogens is 190 g/mol. The van der Waals surface area contributed by atoms with Crippen LogP contribution >= 0.6 is 0 Å². The van der Waals surface area contributed by atoms with Crippen molar-refractivity contribution in [1.29, 1.82) is 0 Å². The van der Waals surface area contributed by atoms with Crippen LogP contribution in [0.3, 0.4) is 0 Å². The van der Waals surface area contributed by atoms with E-state index in [1.807, 2.05) is 0 Å². The second-order valence-electron chi connectivity index (χ2n) is 3.31. The van der Waals surface area contributed by atoms with E-state index >= 15 is 0 Å². The molecule has 0 spiro atoms. The standard InChI is InChI=1S/C8H9NO5/c10-3-5-1-7(9(13)14)8(12)2-6(5)4-11/h3-7H,1-2H2.